The molecule has 0 aliphatic carbocycles. The largest absolute Gasteiger partial charge is 0.497 e. The molecular weight excluding hydrogens is 257 g/mol. The standard InChI is InChI=1S/C16H18FNO2/c1-10-4-5-11(17)8-14(10)16(18)13-7-6-12(19-2)9-15(13)20-3/h4-9,16H,18H2,1-3H3. The first-order chi connectivity index (χ1) is 9.56. The molecule has 0 aromatic heterocycles. The van der Waals surface area contributed by atoms with E-state index in [0.29, 0.717) is 11.5 Å². The molecule has 20 heavy (non-hydrogen) atoms. The molecule has 1 atom stereocenters. The fourth-order valence-electron chi connectivity index (χ4n) is 2.19. The van der Waals surface area contributed by atoms with Gasteiger partial charge in [-0.05, 0) is 42.3 Å². The van der Waals surface area contributed by atoms with Crippen LogP contribution in [-0.2, 0) is 0 Å². The number of aryl methyl sites for hydroxylation is 1. The van der Waals surface area contributed by atoms with E-state index >= 15 is 0 Å². The van der Waals surface area contributed by atoms with Gasteiger partial charge in [-0.15, -0.1) is 0 Å². The van der Waals surface area contributed by atoms with Crippen LogP contribution in [0.4, 0.5) is 4.39 Å². The molecule has 2 N–H and O–H groups in total. The predicted molar refractivity (Wildman–Crippen MR) is 76.7 cm³/mol. The summed E-state index contributed by atoms with van der Waals surface area (Å²) in [5, 5.41) is 0. The normalized spacial score (nSPS) is 12.1. The van der Waals surface area contributed by atoms with Gasteiger partial charge in [0, 0.05) is 11.6 Å². The van der Waals surface area contributed by atoms with Crippen LogP contribution in [0, 0.1) is 12.7 Å². The highest BCUT2D eigenvalue weighted by molar-refractivity contribution is 5.47. The molecule has 0 aliphatic rings. The lowest BCUT2D eigenvalue weighted by Gasteiger charge is -2.18. The maximum Gasteiger partial charge on any atom is 0.127 e. The molecule has 2 aromatic carbocycles. The van der Waals surface area contributed by atoms with Crippen molar-refractivity contribution in [2.24, 2.45) is 5.73 Å². The highest BCUT2D eigenvalue weighted by Crippen LogP contribution is 2.32. The number of nitrogens with two attached hydrogens (primary N) is 1. The van der Waals surface area contributed by atoms with Gasteiger partial charge in [0.2, 0.25) is 0 Å². The van der Waals surface area contributed by atoms with Crippen molar-refractivity contribution < 1.29 is 13.9 Å². The van der Waals surface area contributed by atoms with Crippen molar-refractivity contribution in [2.45, 2.75) is 13.0 Å². The van der Waals surface area contributed by atoms with E-state index in [0.717, 1.165) is 16.7 Å². The van der Waals surface area contributed by atoms with Crippen LogP contribution in [0.1, 0.15) is 22.7 Å². The Morgan fingerprint density at radius 1 is 1.00 bits per heavy atom. The molecule has 0 heterocycles. The van der Waals surface area contributed by atoms with E-state index < -0.39 is 6.04 Å². The van der Waals surface area contributed by atoms with Crippen LogP contribution in [0.25, 0.3) is 0 Å². The fraction of sp³-hybridized carbons (Fsp3) is 0.250. The van der Waals surface area contributed by atoms with Crippen LogP contribution in [0.2, 0.25) is 0 Å². The second kappa shape index (κ2) is 5.92. The van der Waals surface area contributed by atoms with E-state index in [-0.39, 0.29) is 5.82 Å². The lowest BCUT2D eigenvalue weighted by molar-refractivity contribution is 0.390. The van der Waals surface area contributed by atoms with Crippen LogP contribution in [-0.4, -0.2) is 14.2 Å². The average Bonchev–Trinajstić information content (AvgIpc) is 2.48. The Kier molecular flexibility index (Phi) is 4.25. The minimum absolute atomic E-state index is 0.298. The Morgan fingerprint density at radius 2 is 1.75 bits per heavy atom. The number of methoxy groups -OCH3 is 2. The third kappa shape index (κ3) is 2.75. The number of benzene rings is 2. The summed E-state index contributed by atoms with van der Waals surface area (Å²) in [4.78, 5) is 0. The number of hydrogen-bond donors (Lipinski definition) is 1. The molecule has 0 fully saturated rings. The lowest BCUT2D eigenvalue weighted by atomic mass is 9.95. The van der Waals surface area contributed by atoms with E-state index in [1.807, 2.05) is 19.1 Å². The monoisotopic (exact) mass is 275 g/mol. The molecule has 0 saturated heterocycles. The maximum atomic E-state index is 13.4. The third-order valence-corrected chi connectivity index (χ3v) is 3.35. The predicted octanol–water partition coefficient (Wildman–Crippen LogP) is 3.20. The number of rotatable bonds is 4. The van der Waals surface area contributed by atoms with Crippen molar-refractivity contribution in [1.29, 1.82) is 0 Å². The minimum atomic E-state index is -0.452. The Morgan fingerprint density at radius 3 is 2.40 bits per heavy atom. The summed E-state index contributed by atoms with van der Waals surface area (Å²) in [6.07, 6.45) is 0. The summed E-state index contributed by atoms with van der Waals surface area (Å²) in [5.41, 5.74) is 8.75. The first-order valence-electron chi connectivity index (χ1n) is 6.30. The minimum Gasteiger partial charge on any atom is -0.497 e. The molecule has 0 spiro atoms. The fourth-order valence-corrected chi connectivity index (χ4v) is 2.19. The zero-order chi connectivity index (χ0) is 14.7. The molecule has 1 unspecified atom stereocenters. The number of halogens is 1. The molecule has 2 rings (SSSR count). The molecular formula is C16H18FNO2. The molecule has 0 radical (unpaired) electrons. The Bertz CT molecular complexity index is 613. The van der Waals surface area contributed by atoms with Gasteiger partial charge in [-0.3, -0.25) is 0 Å². The zero-order valence-electron chi connectivity index (χ0n) is 11.8. The molecule has 3 nitrogen and oxygen atoms in total. The van der Waals surface area contributed by atoms with Gasteiger partial charge in [0.15, 0.2) is 0 Å². The SMILES string of the molecule is COc1ccc(C(N)c2cc(F)ccc2C)c(OC)c1. The van der Waals surface area contributed by atoms with Crippen molar-refractivity contribution in [3.05, 3.63) is 58.9 Å². The summed E-state index contributed by atoms with van der Waals surface area (Å²) in [6.45, 7) is 1.91. The average molecular weight is 275 g/mol. The van der Waals surface area contributed by atoms with Crippen molar-refractivity contribution in [3.8, 4) is 11.5 Å². The van der Waals surface area contributed by atoms with Crippen molar-refractivity contribution in [3.63, 3.8) is 0 Å². The zero-order valence-corrected chi connectivity index (χ0v) is 11.8. The molecule has 106 valence electrons. The molecule has 0 bridgehead atoms. The van der Waals surface area contributed by atoms with Gasteiger partial charge >= 0.3 is 0 Å². The topological polar surface area (TPSA) is 44.5 Å². The van der Waals surface area contributed by atoms with Crippen molar-refractivity contribution in [1.82, 2.24) is 0 Å². The van der Waals surface area contributed by atoms with Crippen LogP contribution >= 0.6 is 0 Å². The summed E-state index contributed by atoms with van der Waals surface area (Å²) in [7, 11) is 3.16. The van der Waals surface area contributed by atoms with E-state index in [9.17, 15) is 4.39 Å². The molecule has 4 heteroatoms. The maximum absolute atomic E-state index is 13.4. The van der Waals surface area contributed by atoms with Gasteiger partial charge < -0.3 is 15.2 Å². The van der Waals surface area contributed by atoms with E-state index in [1.165, 1.54) is 12.1 Å². The van der Waals surface area contributed by atoms with Gasteiger partial charge in [-0.25, -0.2) is 4.39 Å². The highest BCUT2D eigenvalue weighted by Gasteiger charge is 2.17. The quantitative estimate of drug-likeness (QED) is 0.932. The number of ether oxygens (including phenoxy) is 2. The number of hydrogen-bond acceptors (Lipinski definition) is 3. The summed E-state index contributed by atoms with van der Waals surface area (Å²) in [6, 6.07) is 9.58. The van der Waals surface area contributed by atoms with Gasteiger partial charge in [0.05, 0.1) is 20.3 Å². The van der Waals surface area contributed by atoms with Crippen LogP contribution < -0.4 is 15.2 Å². The first-order valence-corrected chi connectivity index (χ1v) is 6.30. The van der Waals surface area contributed by atoms with Crippen molar-refractivity contribution in [2.75, 3.05) is 14.2 Å². The van der Waals surface area contributed by atoms with Gasteiger partial charge in [0.25, 0.3) is 0 Å². The Hall–Kier alpha value is -2.07. The molecule has 0 aliphatic heterocycles. The Labute approximate surface area is 118 Å². The molecule has 0 amide bonds. The second-order valence-electron chi connectivity index (χ2n) is 4.59. The summed E-state index contributed by atoms with van der Waals surface area (Å²) >= 11 is 0. The van der Waals surface area contributed by atoms with Crippen LogP contribution in [0.5, 0.6) is 11.5 Å². The second-order valence-corrected chi connectivity index (χ2v) is 4.59. The highest BCUT2D eigenvalue weighted by atomic mass is 19.1. The van der Waals surface area contributed by atoms with E-state index in [4.69, 9.17) is 15.2 Å². The van der Waals surface area contributed by atoms with E-state index in [1.54, 1.807) is 26.4 Å². The molecule has 2 aromatic rings. The lowest BCUT2D eigenvalue weighted by Crippen LogP contribution is -2.14. The van der Waals surface area contributed by atoms with Crippen LogP contribution in [0.15, 0.2) is 36.4 Å². The smallest absolute Gasteiger partial charge is 0.127 e. The van der Waals surface area contributed by atoms with Crippen molar-refractivity contribution >= 4 is 0 Å². The van der Waals surface area contributed by atoms with Gasteiger partial charge in [-0.1, -0.05) is 6.07 Å². The third-order valence-electron chi connectivity index (χ3n) is 3.35. The van der Waals surface area contributed by atoms with Crippen LogP contribution in [0.3, 0.4) is 0 Å². The summed E-state index contributed by atoms with van der Waals surface area (Å²) in [5.74, 6) is 1.02. The van der Waals surface area contributed by atoms with Gasteiger partial charge in [0.1, 0.15) is 17.3 Å². The Balaban J connectivity index is 2.47. The van der Waals surface area contributed by atoms with E-state index in [2.05, 4.69) is 0 Å². The summed E-state index contributed by atoms with van der Waals surface area (Å²) < 4.78 is 23.9. The molecule has 0 saturated carbocycles. The van der Waals surface area contributed by atoms with Gasteiger partial charge in [-0.2, -0.15) is 0 Å². The first kappa shape index (κ1) is 14.3.